The summed E-state index contributed by atoms with van der Waals surface area (Å²) in [6.07, 6.45) is 0. The number of alkyl halides is 2. The fourth-order valence-corrected chi connectivity index (χ4v) is 2.50. The maximum atomic E-state index is 5.94. The average molecular weight is 416 g/mol. The highest BCUT2D eigenvalue weighted by atomic mass is 127. The zero-order chi connectivity index (χ0) is 10.4. The van der Waals surface area contributed by atoms with Crippen LogP contribution in [0.2, 0.25) is 0 Å². The van der Waals surface area contributed by atoms with Crippen molar-refractivity contribution in [3.8, 4) is 0 Å². The third-order valence-corrected chi connectivity index (χ3v) is 2.95. The van der Waals surface area contributed by atoms with E-state index in [9.17, 15) is 0 Å². The molecule has 0 unspecified atom stereocenters. The number of para-hydroxylation sites is 2. The molecule has 0 saturated carbocycles. The zero-order valence-electron chi connectivity index (χ0n) is 7.92. The quantitative estimate of drug-likeness (QED) is 0.455. The van der Waals surface area contributed by atoms with E-state index in [1.54, 1.807) is 0 Å². The summed E-state index contributed by atoms with van der Waals surface area (Å²) >= 11 is 4.79. The zero-order valence-corrected chi connectivity index (χ0v) is 12.2. The van der Waals surface area contributed by atoms with Gasteiger partial charge in [0.1, 0.15) is 0 Å². The molecule has 2 nitrogen and oxygen atoms in total. The first-order valence-electron chi connectivity index (χ1n) is 4.51. The molecule has 0 heterocycles. The Kier molecular flexibility index (Phi) is 5.92. The van der Waals surface area contributed by atoms with Gasteiger partial charge in [-0.25, -0.2) is 0 Å². The summed E-state index contributed by atoms with van der Waals surface area (Å²) in [7, 11) is 0. The molecule has 0 radical (unpaired) electrons. The molecule has 0 saturated heterocycles. The number of nitrogens with zero attached hydrogens (tertiary/aromatic N) is 1. The van der Waals surface area contributed by atoms with E-state index in [2.05, 4.69) is 56.1 Å². The average Bonchev–Trinajstić information content (AvgIpc) is 2.18. The Morgan fingerprint density at radius 3 is 2.14 bits per heavy atom. The number of rotatable bonds is 5. The van der Waals surface area contributed by atoms with Crippen LogP contribution >= 0.6 is 45.2 Å². The summed E-state index contributed by atoms with van der Waals surface area (Å²) < 4.78 is 2.26. The standard InChI is InChI=1S/C10H14I2N2/c11-5-7-14(8-6-12)10-4-2-1-3-9(10)13/h1-4H,5-8,13H2. The van der Waals surface area contributed by atoms with E-state index in [1.807, 2.05) is 18.2 Å². The van der Waals surface area contributed by atoms with E-state index in [4.69, 9.17) is 5.73 Å². The molecule has 1 aromatic rings. The first-order valence-corrected chi connectivity index (χ1v) is 7.56. The molecule has 2 N–H and O–H groups in total. The molecule has 0 aliphatic rings. The fraction of sp³-hybridized carbons (Fsp3) is 0.400. The lowest BCUT2D eigenvalue weighted by atomic mass is 10.2. The van der Waals surface area contributed by atoms with Crippen LogP contribution in [0.5, 0.6) is 0 Å². The Bertz CT molecular complexity index is 273. The van der Waals surface area contributed by atoms with Crippen molar-refractivity contribution in [3.63, 3.8) is 0 Å². The van der Waals surface area contributed by atoms with Crippen LogP contribution in [0, 0.1) is 0 Å². The Labute approximate surface area is 113 Å². The van der Waals surface area contributed by atoms with E-state index in [0.717, 1.165) is 27.6 Å². The molecule has 1 rings (SSSR count). The van der Waals surface area contributed by atoms with Gasteiger partial charge < -0.3 is 10.6 Å². The summed E-state index contributed by atoms with van der Waals surface area (Å²) in [5.74, 6) is 0. The largest absolute Gasteiger partial charge is 0.397 e. The van der Waals surface area contributed by atoms with Crippen LogP contribution in [0.1, 0.15) is 0 Å². The molecule has 14 heavy (non-hydrogen) atoms. The molecule has 0 atom stereocenters. The molecule has 0 bridgehead atoms. The van der Waals surface area contributed by atoms with Gasteiger partial charge in [0.25, 0.3) is 0 Å². The monoisotopic (exact) mass is 416 g/mol. The lowest BCUT2D eigenvalue weighted by molar-refractivity contribution is 0.893. The topological polar surface area (TPSA) is 29.3 Å². The summed E-state index contributed by atoms with van der Waals surface area (Å²) in [6, 6.07) is 8.07. The smallest absolute Gasteiger partial charge is 0.0600 e. The van der Waals surface area contributed by atoms with Crippen molar-refractivity contribution in [2.75, 3.05) is 32.6 Å². The van der Waals surface area contributed by atoms with Gasteiger partial charge in [-0.3, -0.25) is 0 Å². The van der Waals surface area contributed by atoms with Crippen molar-refractivity contribution < 1.29 is 0 Å². The van der Waals surface area contributed by atoms with Gasteiger partial charge in [0.2, 0.25) is 0 Å². The van der Waals surface area contributed by atoms with Crippen LogP contribution in [0.15, 0.2) is 24.3 Å². The molecule has 4 heteroatoms. The summed E-state index contributed by atoms with van der Waals surface area (Å²) in [5, 5.41) is 0. The molecular formula is C10H14I2N2. The van der Waals surface area contributed by atoms with Crippen LogP contribution in [-0.2, 0) is 0 Å². The van der Waals surface area contributed by atoms with Crippen molar-refractivity contribution in [1.82, 2.24) is 0 Å². The molecule has 0 aliphatic carbocycles. The molecular weight excluding hydrogens is 402 g/mol. The lowest BCUT2D eigenvalue weighted by Crippen LogP contribution is -2.28. The maximum absolute atomic E-state index is 5.94. The minimum atomic E-state index is 0.877. The third-order valence-electron chi connectivity index (χ3n) is 1.99. The van der Waals surface area contributed by atoms with Crippen LogP contribution in [-0.4, -0.2) is 21.9 Å². The lowest BCUT2D eigenvalue weighted by Gasteiger charge is -2.24. The van der Waals surface area contributed by atoms with E-state index in [1.165, 1.54) is 5.69 Å². The number of nitrogens with two attached hydrogens (primary N) is 1. The predicted molar refractivity (Wildman–Crippen MR) is 80.8 cm³/mol. The first kappa shape index (κ1) is 12.4. The van der Waals surface area contributed by atoms with Gasteiger partial charge in [-0.2, -0.15) is 0 Å². The summed E-state index contributed by atoms with van der Waals surface area (Å²) in [6.45, 7) is 2.13. The molecule has 78 valence electrons. The van der Waals surface area contributed by atoms with Crippen molar-refractivity contribution in [3.05, 3.63) is 24.3 Å². The number of halogens is 2. The van der Waals surface area contributed by atoms with Crippen LogP contribution in [0.3, 0.4) is 0 Å². The third kappa shape index (κ3) is 3.45. The second-order valence-electron chi connectivity index (χ2n) is 2.92. The Hall–Kier alpha value is 0.280. The highest BCUT2D eigenvalue weighted by molar-refractivity contribution is 14.1. The molecule has 0 spiro atoms. The number of benzene rings is 1. The maximum Gasteiger partial charge on any atom is 0.0600 e. The minimum Gasteiger partial charge on any atom is -0.397 e. The van der Waals surface area contributed by atoms with E-state index < -0.39 is 0 Å². The molecule has 0 aliphatic heterocycles. The number of hydrogen-bond acceptors (Lipinski definition) is 2. The highest BCUT2D eigenvalue weighted by Crippen LogP contribution is 2.22. The minimum absolute atomic E-state index is 0.877. The molecule has 0 aromatic heterocycles. The fourth-order valence-electron chi connectivity index (χ4n) is 1.33. The van der Waals surface area contributed by atoms with Crippen molar-refractivity contribution in [1.29, 1.82) is 0 Å². The van der Waals surface area contributed by atoms with E-state index >= 15 is 0 Å². The number of nitrogen functional groups attached to an aromatic ring is 1. The SMILES string of the molecule is Nc1ccccc1N(CCI)CCI. The molecule has 0 fully saturated rings. The van der Waals surface area contributed by atoms with Crippen LogP contribution in [0.25, 0.3) is 0 Å². The van der Waals surface area contributed by atoms with Gasteiger partial charge in [0.05, 0.1) is 11.4 Å². The predicted octanol–water partition coefficient (Wildman–Crippen LogP) is 2.95. The van der Waals surface area contributed by atoms with Gasteiger partial charge in [-0.15, -0.1) is 0 Å². The van der Waals surface area contributed by atoms with Crippen LogP contribution in [0.4, 0.5) is 11.4 Å². The second-order valence-corrected chi connectivity index (χ2v) is 5.08. The van der Waals surface area contributed by atoms with Gasteiger partial charge in [0, 0.05) is 21.9 Å². The van der Waals surface area contributed by atoms with Gasteiger partial charge in [-0.1, -0.05) is 57.3 Å². The van der Waals surface area contributed by atoms with E-state index in [-0.39, 0.29) is 0 Å². The summed E-state index contributed by atoms with van der Waals surface area (Å²) in [4.78, 5) is 2.34. The van der Waals surface area contributed by atoms with Crippen molar-refractivity contribution in [2.24, 2.45) is 0 Å². The normalized spacial score (nSPS) is 10.1. The van der Waals surface area contributed by atoms with E-state index in [0.29, 0.717) is 0 Å². The number of hydrogen-bond donors (Lipinski definition) is 1. The number of anilines is 2. The van der Waals surface area contributed by atoms with Crippen molar-refractivity contribution >= 4 is 56.6 Å². The van der Waals surface area contributed by atoms with Gasteiger partial charge in [0.15, 0.2) is 0 Å². The summed E-state index contributed by atoms with van der Waals surface area (Å²) in [5.41, 5.74) is 7.98. The molecule has 1 aromatic carbocycles. The van der Waals surface area contributed by atoms with Crippen LogP contribution < -0.4 is 10.6 Å². The Morgan fingerprint density at radius 2 is 1.64 bits per heavy atom. The Balaban J connectivity index is 2.81. The van der Waals surface area contributed by atoms with Crippen molar-refractivity contribution in [2.45, 2.75) is 0 Å². The highest BCUT2D eigenvalue weighted by Gasteiger charge is 2.06. The second kappa shape index (κ2) is 6.71. The molecule has 0 amide bonds. The van der Waals surface area contributed by atoms with Gasteiger partial charge >= 0.3 is 0 Å². The Morgan fingerprint density at radius 1 is 1.07 bits per heavy atom. The first-order chi connectivity index (χ1) is 6.79. The van der Waals surface area contributed by atoms with Gasteiger partial charge in [-0.05, 0) is 12.1 Å².